The predicted octanol–water partition coefficient (Wildman–Crippen LogP) is -0.673. The van der Waals surface area contributed by atoms with Crippen LogP contribution in [0.5, 0.6) is 0 Å². The molecule has 0 aliphatic heterocycles. The lowest BCUT2D eigenvalue weighted by molar-refractivity contribution is -0.135. The summed E-state index contributed by atoms with van der Waals surface area (Å²) < 4.78 is 4.34. The third kappa shape index (κ3) is 6.39. The van der Waals surface area contributed by atoms with Gasteiger partial charge < -0.3 is 20.3 Å². The molecule has 0 spiro atoms. The Balaban J connectivity index is 4.23. The van der Waals surface area contributed by atoms with Gasteiger partial charge in [0.2, 0.25) is 11.8 Å². The van der Waals surface area contributed by atoms with Crippen LogP contribution in [-0.4, -0.2) is 56.6 Å². The average molecular weight is 245 g/mol. The van der Waals surface area contributed by atoms with Gasteiger partial charge in [-0.15, -0.1) is 0 Å². The summed E-state index contributed by atoms with van der Waals surface area (Å²) in [7, 11) is 2.72. The topological polar surface area (TPSA) is 87.7 Å². The number of amides is 3. The van der Waals surface area contributed by atoms with E-state index in [0.717, 1.165) is 6.42 Å². The molecule has 0 atom stereocenters. The third-order valence-corrected chi connectivity index (χ3v) is 2.03. The summed E-state index contributed by atoms with van der Waals surface area (Å²) in [5, 5.41) is 4.72. The average Bonchev–Trinajstić information content (AvgIpc) is 2.34. The van der Waals surface area contributed by atoms with Crippen molar-refractivity contribution in [2.45, 2.75) is 13.3 Å². The molecular weight excluding hydrogens is 226 g/mol. The molecule has 0 heterocycles. The number of alkyl carbamates (subject to hydrolysis) is 1. The fraction of sp³-hybridized carbons (Fsp3) is 0.700. The molecule has 0 aliphatic rings. The van der Waals surface area contributed by atoms with Gasteiger partial charge in [-0.05, 0) is 6.42 Å². The van der Waals surface area contributed by atoms with E-state index in [9.17, 15) is 14.4 Å². The zero-order valence-electron chi connectivity index (χ0n) is 10.4. The van der Waals surface area contributed by atoms with E-state index in [1.807, 2.05) is 6.92 Å². The fourth-order valence-corrected chi connectivity index (χ4v) is 1.15. The number of hydrogen-bond donors (Lipinski definition) is 2. The van der Waals surface area contributed by atoms with E-state index in [1.54, 1.807) is 0 Å². The molecule has 0 aromatic carbocycles. The molecule has 7 heteroatoms. The van der Waals surface area contributed by atoms with Crippen molar-refractivity contribution in [1.29, 1.82) is 0 Å². The van der Waals surface area contributed by atoms with Crippen molar-refractivity contribution >= 4 is 17.9 Å². The first-order valence-electron chi connectivity index (χ1n) is 5.35. The monoisotopic (exact) mass is 245 g/mol. The zero-order chi connectivity index (χ0) is 13.3. The molecule has 0 rings (SSSR count). The number of nitrogens with one attached hydrogen (secondary N) is 2. The van der Waals surface area contributed by atoms with Crippen molar-refractivity contribution in [2.75, 3.05) is 33.8 Å². The summed E-state index contributed by atoms with van der Waals surface area (Å²) in [6, 6.07) is 0. The highest BCUT2D eigenvalue weighted by Gasteiger charge is 2.16. The minimum Gasteiger partial charge on any atom is -0.453 e. The van der Waals surface area contributed by atoms with Gasteiger partial charge in [0.05, 0.1) is 13.7 Å². The van der Waals surface area contributed by atoms with Gasteiger partial charge in [-0.1, -0.05) is 6.92 Å². The van der Waals surface area contributed by atoms with Gasteiger partial charge in [0.15, 0.2) is 0 Å². The molecule has 3 amide bonds. The lowest BCUT2D eigenvalue weighted by atomic mass is 10.3. The smallest absolute Gasteiger partial charge is 0.407 e. The van der Waals surface area contributed by atoms with Gasteiger partial charge in [-0.25, -0.2) is 4.79 Å². The highest BCUT2D eigenvalue weighted by Crippen LogP contribution is 1.92. The maximum Gasteiger partial charge on any atom is 0.407 e. The first-order valence-corrected chi connectivity index (χ1v) is 5.35. The molecule has 2 N–H and O–H groups in total. The van der Waals surface area contributed by atoms with Crippen molar-refractivity contribution < 1.29 is 19.1 Å². The van der Waals surface area contributed by atoms with E-state index in [0.29, 0.717) is 6.54 Å². The number of ether oxygens (including phenoxy) is 1. The maximum atomic E-state index is 11.7. The molecular formula is C10H19N3O4. The summed E-state index contributed by atoms with van der Waals surface area (Å²) >= 11 is 0. The molecule has 0 unspecified atom stereocenters. The van der Waals surface area contributed by atoms with Gasteiger partial charge in [0.25, 0.3) is 0 Å². The molecule has 0 aromatic heterocycles. The lowest BCUT2D eigenvalue weighted by Gasteiger charge is -2.21. The van der Waals surface area contributed by atoms with Crippen LogP contribution in [0.2, 0.25) is 0 Å². The predicted molar refractivity (Wildman–Crippen MR) is 61.3 cm³/mol. The Labute approximate surface area is 100 Å². The number of rotatable bonds is 6. The molecule has 0 radical (unpaired) electrons. The number of carbonyl (C=O) groups excluding carboxylic acids is 3. The van der Waals surface area contributed by atoms with Crippen LogP contribution in [0.25, 0.3) is 0 Å². The van der Waals surface area contributed by atoms with Crippen LogP contribution < -0.4 is 10.6 Å². The van der Waals surface area contributed by atoms with E-state index in [-0.39, 0.29) is 24.9 Å². The highest BCUT2D eigenvalue weighted by molar-refractivity contribution is 5.87. The first-order chi connectivity index (χ1) is 8.04. The van der Waals surface area contributed by atoms with Gasteiger partial charge in [-0.2, -0.15) is 0 Å². The molecule has 0 bridgehead atoms. The number of likely N-dealkylation sites (N-methyl/N-ethyl adjacent to an activating group) is 1. The van der Waals surface area contributed by atoms with Crippen molar-refractivity contribution in [1.82, 2.24) is 15.5 Å². The SMILES string of the molecule is CCCN(CC(=O)NC)C(=O)CNC(=O)OC. The van der Waals surface area contributed by atoms with Crippen molar-refractivity contribution in [3.63, 3.8) is 0 Å². The minimum atomic E-state index is -0.672. The normalized spacial score (nSPS) is 9.35. The quantitative estimate of drug-likeness (QED) is 0.649. The first kappa shape index (κ1) is 15.2. The second kappa shape index (κ2) is 8.37. The maximum absolute atomic E-state index is 11.7. The van der Waals surface area contributed by atoms with Crippen LogP contribution in [0.4, 0.5) is 4.79 Å². The van der Waals surface area contributed by atoms with E-state index >= 15 is 0 Å². The molecule has 7 nitrogen and oxygen atoms in total. The van der Waals surface area contributed by atoms with E-state index in [4.69, 9.17) is 0 Å². The molecule has 0 saturated carbocycles. The van der Waals surface area contributed by atoms with Crippen molar-refractivity contribution in [3.8, 4) is 0 Å². The third-order valence-electron chi connectivity index (χ3n) is 2.03. The number of carbonyl (C=O) groups is 3. The fourth-order valence-electron chi connectivity index (χ4n) is 1.15. The van der Waals surface area contributed by atoms with Gasteiger partial charge >= 0.3 is 6.09 Å². The Kier molecular flexibility index (Phi) is 7.49. The van der Waals surface area contributed by atoms with Crippen LogP contribution in [0.3, 0.4) is 0 Å². The van der Waals surface area contributed by atoms with E-state index in [2.05, 4.69) is 15.4 Å². The number of nitrogens with zero attached hydrogens (tertiary/aromatic N) is 1. The Morgan fingerprint density at radius 1 is 1.29 bits per heavy atom. The van der Waals surface area contributed by atoms with Crippen molar-refractivity contribution in [2.24, 2.45) is 0 Å². The molecule has 98 valence electrons. The molecule has 17 heavy (non-hydrogen) atoms. The molecule has 0 fully saturated rings. The Bertz CT molecular complexity index is 281. The van der Waals surface area contributed by atoms with Crippen LogP contribution in [0.1, 0.15) is 13.3 Å². The largest absolute Gasteiger partial charge is 0.453 e. The second-order valence-corrected chi connectivity index (χ2v) is 3.33. The number of hydrogen-bond acceptors (Lipinski definition) is 4. The minimum absolute atomic E-state index is 0.00791. The summed E-state index contributed by atoms with van der Waals surface area (Å²) in [5.74, 6) is -0.564. The van der Waals surface area contributed by atoms with Crippen LogP contribution >= 0.6 is 0 Å². The van der Waals surface area contributed by atoms with Crippen LogP contribution in [-0.2, 0) is 14.3 Å². The standard InChI is InChI=1S/C10H19N3O4/c1-4-5-13(7-8(14)11-2)9(15)6-12-10(16)17-3/h4-7H2,1-3H3,(H,11,14)(H,12,16). The summed E-state index contributed by atoms with van der Waals surface area (Å²) in [6.45, 7) is 2.18. The summed E-state index contributed by atoms with van der Waals surface area (Å²) in [5.41, 5.74) is 0. The van der Waals surface area contributed by atoms with Gasteiger partial charge in [0, 0.05) is 13.6 Å². The summed E-state index contributed by atoms with van der Waals surface area (Å²) in [4.78, 5) is 35.0. The molecule has 0 aromatic rings. The van der Waals surface area contributed by atoms with Gasteiger partial charge in [0.1, 0.15) is 6.54 Å². The van der Waals surface area contributed by atoms with Gasteiger partial charge in [-0.3, -0.25) is 9.59 Å². The zero-order valence-corrected chi connectivity index (χ0v) is 10.4. The van der Waals surface area contributed by atoms with E-state index in [1.165, 1.54) is 19.1 Å². The Hall–Kier alpha value is -1.79. The Morgan fingerprint density at radius 2 is 1.94 bits per heavy atom. The van der Waals surface area contributed by atoms with E-state index < -0.39 is 6.09 Å². The Morgan fingerprint density at radius 3 is 2.41 bits per heavy atom. The summed E-state index contributed by atoms with van der Waals surface area (Å²) in [6.07, 6.45) is 0.0655. The highest BCUT2D eigenvalue weighted by atomic mass is 16.5. The lowest BCUT2D eigenvalue weighted by Crippen LogP contribution is -2.44. The molecule has 0 saturated heterocycles. The van der Waals surface area contributed by atoms with Crippen molar-refractivity contribution in [3.05, 3.63) is 0 Å². The second-order valence-electron chi connectivity index (χ2n) is 3.33. The van der Waals surface area contributed by atoms with Crippen LogP contribution in [0.15, 0.2) is 0 Å². The van der Waals surface area contributed by atoms with Crippen LogP contribution in [0, 0.1) is 0 Å². The number of methoxy groups -OCH3 is 1. The molecule has 0 aliphatic carbocycles.